The quantitative estimate of drug-likeness (QED) is 0.431. The van der Waals surface area contributed by atoms with E-state index in [9.17, 15) is 4.79 Å². The van der Waals surface area contributed by atoms with E-state index in [1.165, 1.54) is 0 Å². The fourth-order valence-electron chi connectivity index (χ4n) is 3.56. The number of aromatic nitrogens is 2. The molecule has 0 spiro atoms. The van der Waals surface area contributed by atoms with Gasteiger partial charge in [0.15, 0.2) is 0 Å². The number of rotatable bonds is 9. The molecule has 1 atom stereocenters. The Morgan fingerprint density at radius 3 is 2.66 bits per heavy atom. The second-order valence-corrected chi connectivity index (χ2v) is 7.70. The van der Waals surface area contributed by atoms with Gasteiger partial charge in [-0.1, -0.05) is 48.5 Å². The predicted octanol–water partition coefficient (Wildman–Crippen LogP) is 4.31. The van der Waals surface area contributed by atoms with Crippen LogP contribution in [0.15, 0.2) is 79.1 Å². The van der Waals surface area contributed by atoms with Gasteiger partial charge in [-0.2, -0.15) is 0 Å². The third-order valence-corrected chi connectivity index (χ3v) is 5.34. The molecule has 1 aromatic heterocycles. The fourth-order valence-corrected chi connectivity index (χ4v) is 3.56. The molecule has 0 fully saturated rings. The highest BCUT2D eigenvalue weighted by Crippen LogP contribution is 2.16. The molecule has 164 valence electrons. The lowest BCUT2D eigenvalue weighted by molar-refractivity contribution is -0.132. The fraction of sp³-hybridized carbons (Fsp3) is 0.231. The zero-order valence-electron chi connectivity index (χ0n) is 18.3. The Morgan fingerprint density at radius 1 is 1.00 bits per heavy atom. The zero-order valence-corrected chi connectivity index (χ0v) is 18.3. The number of nitrogens with zero attached hydrogens (tertiary/aromatic N) is 2. The summed E-state index contributed by atoms with van der Waals surface area (Å²) in [7, 11) is 1.63. The van der Waals surface area contributed by atoms with Crippen molar-refractivity contribution in [2.45, 2.75) is 32.7 Å². The first-order valence-corrected chi connectivity index (χ1v) is 10.6. The number of carbonyl (C=O) groups excluding carboxylic acids is 1. The van der Waals surface area contributed by atoms with E-state index in [2.05, 4.69) is 33.1 Å². The molecule has 0 bridgehead atoms. The highest BCUT2D eigenvalue weighted by Gasteiger charge is 2.13. The zero-order chi connectivity index (χ0) is 22.3. The van der Waals surface area contributed by atoms with Gasteiger partial charge in [-0.15, -0.1) is 0 Å². The molecule has 0 aliphatic carbocycles. The molecule has 3 aromatic carbocycles. The lowest BCUT2D eigenvalue weighted by atomic mass is 10.1. The van der Waals surface area contributed by atoms with Crippen LogP contribution in [0, 0.1) is 0 Å². The minimum atomic E-state index is -0.554. The first-order valence-electron chi connectivity index (χ1n) is 10.6. The minimum Gasteiger partial charge on any atom is -0.497 e. The van der Waals surface area contributed by atoms with Crippen molar-refractivity contribution in [3.05, 3.63) is 95.8 Å². The maximum Gasteiger partial charge on any atom is 0.249 e. The predicted molar refractivity (Wildman–Crippen MR) is 124 cm³/mol. The molecule has 32 heavy (non-hydrogen) atoms. The summed E-state index contributed by atoms with van der Waals surface area (Å²) in [5.74, 6) is 0.630. The van der Waals surface area contributed by atoms with E-state index in [0.717, 1.165) is 40.0 Å². The van der Waals surface area contributed by atoms with Gasteiger partial charge in [0.25, 0.3) is 0 Å². The first-order chi connectivity index (χ1) is 15.6. The Balaban J connectivity index is 1.31. The van der Waals surface area contributed by atoms with Gasteiger partial charge in [-0.3, -0.25) is 4.79 Å². The minimum absolute atomic E-state index is 0.140. The summed E-state index contributed by atoms with van der Waals surface area (Å²) in [5, 5.41) is 2.97. The van der Waals surface area contributed by atoms with Gasteiger partial charge in [-0.05, 0) is 47.9 Å². The number of para-hydroxylation sites is 2. The number of fused-ring (bicyclic) bond motifs is 1. The maximum atomic E-state index is 12.5. The van der Waals surface area contributed by atoms with Crippen molar-refractivity contribution >= 4 is 16.9 Å². The van der Waals surface area contributed by atoms with Crippen LogP contribution in [0.2, 0.25) is 0 Å². The molecule has 1 unspecified atom stereocenters. The van der Waals surface area contributed by atoms with Gasteiger partial charge in [0.2, 0.25) is 5.91 Å². The summed E-state index contributed by atoms with van der Waals surface area (Å²) in [6.07, 6.45) is 1.31. The monoisotopic (exact) mass is 429 g/mol. The Hall–Kier alpha value is -3.64. The van der Waals surface area contributed by atoms with Gasteiger partial charge in [-0.25, -0.2) is 4.98 Å². The SMILES string of the molecule is COc1cccc(COC(C)C(=O)NCc2cccc(Cn3cnc4ccccc43)c2)c1. The lowest BCUT2D eigenvalue weighted by Gasteiger charge is -2.14. The van der Waals surface area contributed by atoms with E-state index >= 15 is 0 Å². The van der Waals surface area contributed by atoms with E-state index < -0.39 is 6.10 Å². The van der Waals surface area contributed by atoms with E-state index in [1.807, 2.05) is 60.9 Å². The van der Waals surface area contributed by atoms with E-state index in [0.29, 0.717) is 13.2 Å². The number of hydrogen-bond acceptors (Lipinski definition) is 4. The van der Waals surface area contributed by atoms with E-state index in [1.54, 1.807) is 14.0 Å². The summed E-state index contributed by atoms with van der Waals surface area (Å²) in [6.45, 7) is 3.28. The van der Waals surface area contributed by atoms with Crippen LogP contribution in [0.5, 0.6) is 5.75 Å². The molecule has 0 aliphatic heterocycles. The largest absolute Gasteiger partial charge is 0.497 e. The van der Waals surface area contributed by atoms with Crippen molar-refractivity contribution in [1.82, 2.24) is 14.9 Å². The molecule has 6 heteroatoms. The van der Waals surface area contributed by atoms with Crippen LogP contribution < -0.4 is 10.1 Å². The summed E-state index contributed by atoms with van der Waals surface area (Å²) in [5.41, 5.74) is 5.25. The molecule has 1 heterocycles. The molecule has 4 rings (SSSR count). The summed E-state index contributed by atoms with van der Waals surface area (Å²) in [6, 6.07) is 23.9. The van der Waals surface area contributed by atoms with Crippen LogP contribution in [-0.2, 0) is 29.2 Å². The number of hydrogen-bond donors (Lipinski definition) is 1. The molecular weight excluding hydrogens is 402 g/mol. The second-order valence-electron chi connectivity index (χ2n) is 7.70. The van der Waals surface area contributed by atoms with Crippen molar-refractivity contribution in [1.29, 1.82) is 0 Å². The first kappa shape index (κ1) is 21.6. The Bertz CT molecular complexity index is 1200. The average molecular weight is 430 g/mol. The number of methoxy groups -OCH3 is 1. The topological polar surface area (TPSA) is 65.4 Å². The number of benzene rings is 3. The molecule has 0 radical (unpaired) electrons. The van der Waals surface area contributed by atoms with Gasteiger partial charge >= 0.3 is 0 Å². The van der Waals surface area contributed by atoms with Gasteiger partial charge in [0.05, 0.1) is 31.1 Å². The van der Waals surface area contributed by atoms with Crippen LogP contribution in [0.3, 0.4) is 0 Å². The number of imidazole rings is 1. The summed E-state index contributed by atoms with van der Waals surface area (Å²) in [4.78, 5) is 16.9. The molecule has 0 saturated heterocycles. The number of ether oxygens (including phenoxy) is 2. The lowest BCUT2D eigenvalue weighted by Crippen LogP contribution is -2.34. The smallest absolute Gasteiger partial charge is 0.249 e. The third kappa shape index (κ3) is 5.34. The summed E-state index contributed by atoms with van der Waals surface area (Å²) >= 11 is 0. The highest BCUT2D eigenvalue weighted by atomic mass is 16.5. The highest BCUT2D eigenvalue weighted by molar-refractivity contribution is 5.80. The van der Waals surface area contributed by atoms with Crippen molar-refractivity contribution in [2.24, 2.45) is 0 Å². The Morgan fingerprint density at radius 2 is 1.78 bits per heavy atom. The second kappa shape index (κ2) is 10.1. The normalized spacial score (nSPS) is 11.9. The van der Waals surface area contributed by atoms with Gasteiger partial charge < -0.3 is 19.4 Å². The molecule has 4 aromatic rings. The maximum absolute atomic E-state index is 12.5. The summed E-state index contributed by atoms with van der Waals surface area (Å²) < 4.78 is 13.1. The van der Waals surface area contributed by atoms with E-state index in [4.69, 9.17) is 9.47 Å². The average Bonchev–Trinajstić information content (AvgIpc) is 3.24. The van der Waals surface area contributed by atoms with Crippen molar-refractivity contribution in [2.75, 3.05) is 7.11 Å². The van der Waals surface area contributed by atoms with Crippen LogP contribution >= 0.6 is 0 Å². The number of nitrogens with one attached hydrogen (secondary N) is 1. The van der Waals surface area contributed by atoms with Crippen LogP contribution in [0.1, 0.15) is 23.6 Å². The van der Waals surface area contributed by atoms with Crippen LogP contribution in [0.25, 0.3) is 11.0 Å². The van der Waals surface area contributed by atoms with Crippen LogP contribution in [-0.4, -0.2) is 28.7 Å². The third-order valence-electron chi connectivity index (χ3n) is 5.34. The van der Waals surface area contributed by atoms with Gasteiger partial charge in [0, 0.05) is 13.1 Å². The van der Waals surface area contributed by atoms with Crippen molar-refractivity contribution in [3.63, 3.8) is 0 Å². The van der Waals surface area contributed by atoms with E-state index in [-0.39, 0.29) is 5.91 Å². The Labute approximate surface area is 187 Å². The van der Waals surface area contributed by atoms with Crippen molar-refractivity contribution < 1.29 is 14.3 Å². The Kier molecular flexibility index (Phi) is 6.82. The molecule has 0 saturated carbocycles. The van der Waals surface area contributed by atoms with Crippen molar-refractivity contribution in [3.8, 4) is 5.75 Å². The molecule has 1 amide bonds. The standard InChI is InChI=1S/C26H27N3O3/c1-19(32-17-22-9-6-10-23(14-22)31-2)26(30)27-15-20-7-5-8-21(13-20)16-29-18-28-24-11-3-4-12-25(24)29/h3-14,18-19H,15-17H2,1-2H3,(H,27,30). The number of carbonyl (C=O) groups is 1. The number of amides is 1. The molecule has 6 nitrogen and oxygen atoms in total. The molecule has 1 N–H and O–H groups in total. The van der Waals surface area contributed by atoms with Gasteiger partial charge in [0.1, 0.15) is 11.9 Å². The molecular formula is C26H27N3O3. The molecule has 0 aliphatic rings. The van der Waals surface area contributed by atoms with Crippen LogP contribution in [0.4, 0.5) is 0 Å².